The second-order valence-corrected chi connectivity index (χ2v) is 6.38. The van der Waals surface area contributed by atoms with Crippen LogP contribution in [0.3, 0.4) is 0 Å². The molecule has 3 rings (SSSR count). The van der Waals surface area contributed by atoms with E-state index in [0.717, 1.165) is 5.56 Å². The zero-order chi connectivity index (χ0) is 15.8. The molecule has 5 nitrogen and oxygen atoms in total. The number of ether oxygens (including phenoxy) is 4. The molecule has 22 heavy (non-hydrogen) atoms. The lowest BCUT2D eigenvalue weighted by molar-refractivity contribution is -0.252. The standard InChI is InChI=1S/C17H24O5/c1-4-17(11-18)14(19-10-12-8-6-5-7-9-12)13-15(22-17)21-16(2,3)20-13/h5-9,13-15,18H,4,10-11H2,1-3H3/t13?,14-,15-,17+/m1/s1. The molecule has 2 heterocycles. The Morgan fingerprint density at radius 1 is 1.14 bits per heavy atom. The normalized spacial score (nSPS) is 36.5. The highest BCUT2D eigenvalue weighted by atomic mass is 16.8. The fourth-order valence-electron chi connectivity index (χ4n) is 3.18. The van der Waals surface area contributed by atoms with Gasteiger partial charge in [0.1, 0.15) is 17.8 Å². The Balaban J connectivity index is 1.77. The molecule has 4 atom stereocenters. The van der Waals surface area contributed by atoms with Gasteiger partial charge in [-0.1, -0.05) is 37.3 Å². The van der Waals surface area contributed by atoms with E-state index in [1.54, 1.807) is 0 Å². The maximum atomic E-state index is 9.85. The van der Waals surface area contributed by atoms with Crippen molar-refractivity contribution in [3.63, 3.8) is 0 Å². The summed E-state index contributed by atoms with van der Waals surface area (Å²) in [4.78, 5) is 0. The Labute approximate surface area is 131 Å². The van der Waals surface area contributed by atoms with Crippen molar-refractivity contribution in [1.29, 1.82) is 0 Å². The van der Waals surface area contributed by atoms with Gasteiger partial charge in [0.2, 0.25) is 0 Å². The Kier molecular flexibility index (Phi) is 4.27. The van der Waals surface area contributed by atoms with Crippen LogP contribution in [0.4, 0.5) is 0 Å². The van der Waals surface area contributed by atoms with Gasteiger partial charge in [0.05, 0.1) is 13.2 Å². The summed E-state index contributed by atoms with van der Waals surface area (Å²) < 4.78 is 23.8. The zero-order valence-electron chi connectivity index (χ0n) is 13.3. The van der Waals surface area contributed by atoms with Gasteiger partial charge >= 0.3 is 0 Å². The largest absolute Gasteiger partial charge is 0.393 e. The van der Waals surface area contributed by atoms with E-state index in [4.69, 9.17) is 18.9 Å². The first-order valence-corrected chi connectivity index (χ1v) is 7.79. The number of benzene rings is 1. The maximum absolute atomic E-state index is 9.85. The molecule has 2 aliphatic heterocycles. The van der Waals surface area contributed by atoms with Crippen LogP contribution in [0.2, 0.25) is 0 Å². The summed E-state index contributed by atoms with van der Waals surface area (Å²) in [6.07, 6.45) is -0.563. The molecule has 0 aliphatic carbocycles. The second-order valence-electron chi connectivity index (χ2n) is 6.38. The average molecular weight is 308 g/mol. The van der Waals surface area contributed by atoms with Crippen molar-refractivity contribution in [1.82, 2.24) is 0 Å². The molecule has 0 saturated carbocycles. The van der Waals surface area contributed by atoms with Crippen molar-refractivity contribution < 1.29 is 24.1 Å². The molecule has 1 N–H and O–H groups in total. The van der Waals surface area contributed by atoms with Crippen LogP contribution in [0.1, 0.15) is 32.8 Å². The van der Waals surface area contributed by atoms with Crippen LogP contribution in [0.25, 0.3) is 0 Å². The van der Waals surface area contributed by atoms with Crippen LogP contribution in [0.15, 0.2) is 30.3 Å². The van der Waals surface area contributed by atoms with E-state index in [1.807, 2.05) is 51.1 Å². The number of aliphatic hydroxyl groups is 1. The summed E-state index contributed by atoms with van der Waals surface area (Å²) in [5.74, 6) is -0.695. The van der Waals surface area contributed by atoms with Gasteiger partial charge in [-0.25, -0.2) is 0 Å². The van der Waals surface area contributed by atoms with Gasteiger partial charge in [-0.3, -0.25) is 0 Å². The minimum Gasteiger partial charge on any atom is -0.393 e. The number of fused-ring (bicyclic) bond motifs is 1. The maximum Gasteiger partial charge on any atom is 0.190 e. The quantitative estimate of drug-likeness (QED) is 0.904. The van der Waals surface area contributed by atoms with Gasteiger partial charge in [0.25, 0.3) is 0 Å². The molecule has 0 amide bonds. The highest BCUT2D eigenvalue weighted by Gasteiger charge is 2.61. The Morgan fingerprint density at radius 3 is 2.50 bits per heavy atom. The summed E-state index contributed by atoms with van der Waals surface area (Å²) in [5.41, 5.74) is 0.299. The van der Waals surface area contributed by atoms with Gasteiger partial charge in [0, 0.05) is 0 Å². The number of aliphatic hydroxyl groups excluding tert-OH is 1. The van der Waals surface area contributed by atoms with E-state index < -0.39 is 17.7 Å². The number of rotatable bonds is 5. The molecule has 0 radical (unpaired) electrons. The summed E-state index contributed by atoms with van der Waals surface area (Å²) >= 11 is 0. The van der Waals surface area contributed by atoms with Crippen LogP contribution in [0.5, 0.6) is 0 Å². The first-order chi connectivity index (χ1) is 10.5. The lowest BCUT2D eigenvalue weighted by Gasteiger charge is -2.34. The Bertz CT molecular complexity index is 497. The van der Waals surface area contributed by atoms with E-state index >= 15 is 0 Å². The predicted molar refractivity (Wildman–Crippen MR) is 80.0 cm³/mol. The lowest BCUT2D eigenvalue weighted by atomic mass is 9.93. The van der Waals surface area contributed by atoms with E-state index in [-0.39, 0.29) is 18.8 Å². The second kappa shape index (κ2) is 5.91. The molecule has 1 aromatic carbocycles. The van der Waals surface area contributed by atoms with E-state index in [9.17, 15) is 5.11 Å². The fraction of sp³-hybridized carbons (Fsp3) is 0.647. The summed E-state index contributed by atoms with van der Waals surface area (Å²) in [5, 5.41) is 9.85. The lowest BCUT2D eigenvalue weighted by Crippen LogP contribution is -2.49. The highest BCUT2D eigenvalue weighted by molar-refractivity contribution is 5.14. The first kappa shape index (κ1) is 15.9. The monoisotopic (exact) mass is 308 g/mol. The molecular weight excluding hydrogens is 284 g/mol. The molecule has 2 saturated heterocycles. The topological polar surface area (TPSA) is 57.2 Å². The number of hydrogen-bond donors (Lipinski definition) is 1. The SMILES string of the molecule is CC[C@@]1(CO)O[C@H]2OC(C)(C)OC2[C@H]1OCc1ccccc1. The average Bonchev–Trinajstić information content (AvgIpc) is 2.95. The van der Waals surface area contributed by atoms with Crippen LogP contribution in [-0.2, 0) is 25.6 Å². The van der Waals surface area contributed by atoms with Gasteiger partial charge in [-0.2, -0.15) is 0 Å². The summed E-state index contributed by atoms with van der Waals surface area (Å²) in [6, 6.07) is 9.94. The number of hydrogen-bond acceptors (Lipinski definition) is 5. The van der Waals surface area contributed by atoms with E-state index in [1.165, 1.54) is 0 Å². The van der Waals surface area contributed by atoms with Crippen LogP contribution >= 0.6 is 0 Å². The molecule has 1 unspecified atom stereocenters. The Morgan fingerprint density at radius 2 is 1.86 bits per heavy atom. The van der Waals surface area contributed by atoms with Gasteiger partial charge in [0.15, 0.2) is 12.1 Å². The van der Waals surface area contributed by atoms with Crippen molar-refractivity contribution in [2.24, 2.45) is 0 Å². The fourth-order valence-corrected chi connectivity index (χ4v) is 3.18. The summed E-state index contributed by atoms with van der Waals surface area (Å²) in [6.45, 7) is 6.01. The van der Waals surface area contributed by atoms with Gasteiger partial charge in [-0.05, 0) is 25.8 Å². The highest BCUT2D eigenvalue weighted by Crippen LogP contribution is 2.45. The third-order valence-electron chi connectivity index (χ3n) is 4.39. The van der Waals surface area contributed by atoms with Gasteiger partial charge in [-0.15, -0.1) is 0 Å². The summed E-state index contributed by atoms with van der Waals surface area (Å²) in [7, 11) is 0. The molecule has 122 valence electrons. The van der Waals surface area contributed by atoms with E-state index in [2.05, 4.69) is 0 Å². The van der Waals surface area contributed by atoms with Crippen LogP contribution < -0.4 is 0 Å². The van der Waals surface area contributed by atoms with E-state index in [0.29, 0.717) is 13.0 Å². The van der Waals surface area contributed by atoms with Crippen LogP contribution in [0, 0.1) is 0 Å². The molecule has 2 fully saturated rings. The first-order valence-electron chi connectivity index (χ1n) is 7.79. The van der Waals surface area contributed by atoms with Crippen molar-refractivity contribution in [3.8, 4) is 0 Å². The van der Waals surface area contributed by atoms with Crippen LogP contribution in [-0.4, -0.2) is 41.6 Å². The van der Waals surface area contributed by atoms with Crippen molar-refractivity contribution >= 4 is 0 Å². The molecule has 2 aliphatic rings. The molecular formula is C17H24O5. The van der Waals surface area contributed by atoms with Crippen molar-refractivity contribution in [2.75, 3.05) is 6.61 Å². The van der Waals surface area contributed by atoms with Crippen molar-refractivity contribution in [3.05, 3.63) is 35.9 Å². The smallest absolute Gasteiger partial charge is 0.190 e. The third-order valence-corrected chi connectivity index (χ3v) is 4.39. The minimum absolute atomic E-state index is 0.122. The minimum atomic E-state index is -0.777. The molecule has 0 bridgehead atoms. The Hall–Kier alpha value is -0.980. The zero-order valence-corrected chi connectivity index (χ0v) is 13.3. The molecule has 1 aromatic rings. The molecule has 5 heteroatoms. The molecule has 0 spiro atoms. The predicted octanol–water partition coefficient (Wildman–Crippen LogP) is 2.22. The molecule has 0 aromatic heterocycles. The van der Waals surface area contributed by atoms with Crippen molar-refractivity contribution in [2.45, 2.75) is 63.7 Å². The third kappa shape index (κ3) is 2.79. The van der Waals surface area contributed by atoms with Gasteiger partial charge < -0.3 is 24.1 Å².